The molecule has 2 aliphatic heterocycles. The first-order chi connectivity index (χ1) is 15.2. The standard InChI is InChI=1S/C24H27N5OS/c1-28-11-13-29(14-12-28)16-18-6-2-3-7-19(18)24(27-20-8-4-5-9-22(20)30)23-21(10-15-31-23)25-17-26-24/h2-10,15,17,27,30H,11-14,16H2,1H3,(H,25,26). The van der Waals surface area contributed by atoms with Gasteiger partial charge in [0, 0.05) is 38.3 Å². The van der Waals surface area contributed by atoms with Crippen LogP contribution in [0.4, 0.5) is 11.4 Å². The number of para-hydroxylation sites is 2. The average molecular weight is 434 g/mol. The second kappa shape index (κ2) is 8.34. The van der Waals surface area contributed by atoms with Gasteiger partial charge in [0.2, 0.25) is 0 Å². The highest BCUT2D eigenvalue weighted by atomic mass is 32.1. The summed E-state index contributed by atoms with van der Waals surface area (Å²) >= 11 is 1.67. The molecule has 0 saturated carbocycles. The van der Waals surface area contributed by atoms with Crippen LogP contribution in [0.2, 0.25) is 0 Å². The SMILES string of the molecule is CN1CCN(Cc2ccccc2C2(Nc3ccccc3O)N=CNc3ccsc32)CC1. The van der Waals surface area contributed by atoms with Crippen molar-refractivity contribution in [2.24, 2.45) is 4.99 Å². The van der Waals surface area contributed by atoms with Crippen molar-refractivity contribution in [1.29, 1.82) is 0 Å². The van der Waals surface area contributed by atoms with Gasteiger partial charge < -0.3 is 20.6 Å². The van der Waals surface area contributed by atoms with Crippen LogP contribution in [0.25, 0.3) is 0 Å². The molecule has 0 radical (unpaired) electrons. The predicted octanol–water partition coefficient (Wildman–Crippen LogP) is 3.97. The molecule has 31 heavy (non-hydrogen) atoms. The topological polar surface area (TPSA) is 63.1 Å². The predicted molar refractivity (Wildman–Crippen MR) is 128 cm³/mol. The minimum absolute atomic E-state index is 0.213. The Bertz CT molecular complexity index is 1090. The van der Waals surface area contributed by atoms with Crippen molar-refractivity contribution in [3.63, 3.8) is 0 Å². The van der Waals surface area contributed by atoms with Gasteiger partial charge in [-0.1, -0.05) is 36.4 Å². The van der Waals surface area contributed by atoms with Crippen molar-refractivity contribution in [3.8, 4) is 5.75 Å². The molecule has 5 rings (SSSR count). The maximum absolute atomic E-state index is 10.5. The van der Waals surface area contributed by atoms with Crippen LogP contribution in [-0.2, 0) is 12.2 Å². The number of nitrogens with zero attached hydrogens (tertiary/aromatic N) is 3. The number of rotatable bonds is 5. The number of aliphatic imine (C=N–C) groups is 1. The lowest BCUT2D eigenvalue weighted by atomic mass is 9.90. The smallest absolute Gasteiger partial charge is 0.195 e. The van der Waals surface area contributed by atoms with Gasteiger partial charge in [-0.3, -0.25) is 4.90 Å². The van der Waals surface area contributed by atoms with Crippen molar-refractivity contribution >= 4 is 29.1 Å². The van der Waals surface area contributed by atoms with Gasteiger partial charge in [0.25, 0.3) is 0 Å². The molecule has 1 unspecified atom stereocenters. The molecular formula is C24H27N5OS. The number of thiophene rings is 1. The second-order valence-corrected chi connectivity index (χ2v) is 9.07. The van der Waals surface area contributed by atoms with Crippen molar-refractivity contribution in [2.45, 2.75) is 12.2 Å². The fourth-order valence-corrected chi connectivity index (χ4v) is 5.32. The third-order valence-electron chi connectivity index (χ3n) is 6.09. The molecular weight excluding hydrogens is 406 g/mol. The van der Waals surface area contributed by atoms with Gasteiger partial charge in [-0.2, -0.15) is 0 Å². The zero-order chi connectivity index (χ0) is 21.3. The lowest BCUT2D eigenvalue weighted by Crippen LogP contribution is -2.44. The van der Waals surface area contributed by atoms with E-state index in [4.69, 9.17) is 4.99 Å². The Morgan fingerprint density at radius 2 is 1.84 bits per heavy atom. The Morgan fingerprint density at radius 1 is 1.06 bits per heavy atom. The summed E-state index contributed by atoms with van der Waals surface area (Å²) in [4.78, 5) is 10.9. The summed E-state index contributed by atoms with van der Waals surface area (Å²) in [6.07, 6.45) is 1.76. The van der Waals surface area contributed by atoms with E-state index >= 15 is 0 Å². The maximum atomic E-state index is 10.5. The molecule has 3 N–H and O–H groups in total. The molecule has 6 nitrogen and oxygen atoms in total. The number of fused-ring (bicyclic) bond motifs is 1. The number of phenolic OH excluding ortho intramolecular Hbond substituents is 1. The number of anilines is 2. The van der Waals surface area contributed by atoms with E-state index in [1.165, 1.54) is 5.56 Å². The number of nitrogens with one attached hydrogen (secondary N) is 2. The van der Waals surface area contributed by atoms with E-state index in [1.807, 2.05) is 18.2 Å². The van der Waals surface area contributed by atoms with Crippen LogP contribution in [0.3, 0.4) is 0 Å². The lowest BCUT2D eigenvalue weighted by Gasteiger charge is -2.38. The van der Waals surface area contributed by atoms with E-state index in [1.54, 1.807) is 23.7 Å². The van der Waals surface area contributed by atoms with Gasteiger partial charge in [0.1, 0.15) is 5.75 Å². The summed E-state index contributed by atoms with van der Waals surface area (Å²) in [6, 6.07) is 18.0. The third kappa shape index (κ3) is 3.80. The number of hydrogen-bond acceptors (Lipinski definition) is 7. The lowest BCUT2D eigenvalue weighted by molar-refractivity contribution is 0.147. The summed E-state index contributed by atoms with van der Waals surface area (Å²) in [6.45, 7) is 5.15. The van der Waals surface area contributed by atoms with Crippen LogP contribution in [-0.4, -0.2) is 54.5 Å². The van der Waals surface area contributed by atoms with Crippen LogP contribution >= 0.6 is 11.3 Å². The minimum atomic E-state index is -0.809. The molecule has 0 aliphatic carbocycles. The zero-order valence-corrected chi connectivity index (χ0v) is 18.4. The number of likely N-dealkylation sites (N-methyl/N-ethyl adjacent to an activating group) is 1. The summed E-state index contributed by atoms with van der Waals surface area (Å²) in [5, 5.41) is 19.5. The van der Waals surface area contributed by atoms with Crippen molar-refractivity contribution < 1.29 is 5.11 Å². The van der Waals surface area contributed by atoms with Crippen LogP contribution in [0.15, 0.2) is 65.0 Å². The zero-order valence-electron chi connectivity index (χ0n) is 17.6. The normalized spacial score (nSPS) is 21.5. The van der Waals surface area contributed by atoms with Crippen molar-refractivity contribution in [3.05, 3.63) is 76.0 Å². The van der Waals surface area contributed by atoms with E-state index in [0.717, 1.165) is 48.9 Å². The Balaban J connectivity index is 1.60. The van der Waals surface area contributed by atoms with Crippen molar-refractivity contribution in [1.82, 2.24) is 9.80 Å². The van der Waals surface area contributed by atoms with E-state index < -0.39 is 5.66 Å². The van der Waals surface area contributed by atoms with Gasteiger partial charge in [-0.15, -0.1) is 11.3 Å². The van der Waals surface area contributed by atoms with Gasteiger partial charge in [-0.05, 0) is 36.2 Å². The molecule has 2 aromatic carbocycles. The van der Waals surface area contributed by atoms with Crippen LogP contribution < -0.4 is 10.6 Å². The first-order valence-corrected chi connectivity index (χ1v) is 11.5. The van der Waals surface area contributed by atoms with Gasteiger partial charge >= 0.3 is 0 Å². The molecule has 0 spiro atoms. The monoisotopic (exact) mass is 433 g/mol. The van der Waals surface area contributed by atoms with Gasteiger partial charge in [0.05, 0.1) is 22.6 Å². The molecule has 1 atom stereocenters. The summed E-state index contributed by atoms with van der Waals surface area (Å²) in [7, 11) is 2.18. The number of phenols is 1. The first kappa shape index (κ1) is 20.1. The molecule has 1 saturated heterocycles. The number of aromatic hydroxyl groups is 1. The maximum Gasteiger partial charge on any atom is 0.195 e. The average Bonchev–Trinajstić information content (AvgIpc) is 3.28. The largest absolute Gasteiger partial charge is 0.506 e. The molecule has 0 amide bonds. The van der Waals surface area contributed by atoms with E-state index in [-0.39, 0.29) is 5.75 Å². The minimum Gasteiger partial charge on any atom is -0.506 e. The Hall–Kier alpha value is -2.87. The fraction of sp³-hybridized carbons (Fsp3) is 0.292. The van der Waals surface area contributed by atoms with Crippen molar-refractivity contribution in [2.75, 3.05) is 43.9 Å². The number of hydrogen-bond donors (Lipinski definition) is 3. The fourth-order valence-electron chi connectivity index (χ4n) is 4.34. The summed E-state index contributed by atoms with van der Waals surface area (Å²) in [5.74, 6) is 0.213. The van der Waals surface area contributed by atoms with E-state index in [2.05, 4.69) is 63.2 Å². The first-order valence-electron chi connectivity index (χ1n) is 10.6. The van der Waals surface area contributed by atoms with Crippen LogP contribution in [0.5, 0.6) is 5.75 Å². The van der Waals surface area contributed by atoms with Crippen LogP contribution in [0.1, 0.15) is 16.0 Å². The molecule has 1 fully saturated rings. The molecule has 160 valence electrons. The summed E-state index contributed by atoms with van der Waals surface area (Å²) in [5.41, 5.74) is 3.25. The highest BCUT2D eigenvalue weighted by Crippen LogP contribution is 2.46. The van der Waals surface area contributed by atoms with E-state index in [0.29, 0.717) is 5.69 Å². The van der Waals surface area contributed by atoms with E-state index in [9.17, 15) is 5.11 Å². The van der Waals surface area contributed by atoms with Gasteiger partial charge in [0.15, 0.2) is 5.66 Å². The molecule has 0 bridgehead atoms. The Morgan fingerprint density at radius 3 is 2.68 bits per heavy atom. The molecule has 1 aromatic heterocycles. The highest BCUT2D eigenvalue weighted by Gasteiger charge is 2.41. The third-order valence-corrected chi connectivity index (χ3v) is 7.11. The van der Waals surface area contributed by atoms with Crippen LogP contribution in [0, 0.1) is 0 Å². The molecule has 3 heterocycles. The number of piperazine rings is 1. The summed E-state index contributed by atoms with van der Waals surface area (Å²) < 4.78 is 0. The molecule has 2 aliphatic rings. The Labute approximate surface area is 186 Å². The second-order valence-electron chi connectivity index (χ2n) is 8.16. The Kier molecular flexibility index (Phi) is 5.40. The van der Waals surface area contributed by atoms with Gasteiger partial charge in [-0.25, -0.2) is 4.99 Å². The molecule has 3 aromatic rings. The quantitative estimate of drug-likeness (QED) is 0.532. The molecule has 7 heteroatoms. The highest BCUT2D eigenvalue weighted by molar-refractivity contribution is 7.10. The number of benzene rings is 2.